The summed E-state index contributed by atoms with van der Waals surface area (Å²) in [5.74, 6) is 2.00. The Morgan fingerprint density at radius 2 is 1.92 bits per heavy atom. The van der Waals surface area contributed by atoms with Crippen LogP contribution in [0.4, 0.5) is 0 Å². The molecule has 4 heteroatoms. The van der Waals surface area contributed by atoms with Crippen LogP contribution in [0.3, 0.4) is 0 Å². The summed E-state index contributed by atoms with van der Waals surface area (Å²) in [5.41, 5.74) is 2.35. The molecule has 2 aliphatic heterocycles. The third-order valence-electron chi connectivity index (χ3n) is 6.35. The number of aryl methyl sites for hydroxylation is 2. The summed E-state index contributed by atoms with van der Waals surface area (Å²) in [6.45, 7) is 5.17. The Morgan fingerprint density at radius 3 is 2.58 bits per heavy atom. The van der Waals surface area contributed by atoms with Gasteiger partial charge in [0.1, 0.15) is 5.75 Å². The van der Waals surface area contributed by atoms with E-state index in [0.29, 0.717) is 12.3 Å². The van der Waals surface area contributed by atoms with Crippen LogP contribution in [0.1, 0.15) is 49.7 Å². The van der Waals surface area contributed by atoms with Crippen LogP contribution >= 0.6 is 0 Å². The lowest BCUT2D eigenvalue weighted by Gasteiger charge is -2.42. The molecule has 2 fully saturated rings. The van der Waals surface area contributed by atoms with Crippen molar-refractivity contribution >= 4 is 5.91 Å². The van der Waals surface area contributed by atoms with Crippen molar-refractivity contribution < 1.29 is 9.53 Å². The number of carbonyl (C=O) groups is 1. The number of benzene rings is 1. The van der Waals surface area contributed by atoms with E-state index in [-0.39, 0.29) is 0 Å². The van der Waals surface area contributed by atoms with Crippen LogP contribution in [-0.2, 0) is 11.2 Å². The van der Waals surface area contributed by atoms with E-state index in [1.165, 1.54) is 44.2 Å². The number of rotatable bonds is 5. The van der Waals surface area contributed by atoms with Gasteiger partial charge >= 0.3 is 0 Å². The topological polar surface area (TPSA) is 32.8 Å². The number of nitrogens with zero attached hydrogens (tertiary/aromatic N) is 2. The molecule has 2 aliphatic rings. The lowest BCUT2D eigenvalue weighted by Crippen LogP contribution is -2.47. The first-order valence-corrected chi connectivity index (χ1v) is 10.2. The Morgan fingerprint density at radius 1 is 1.15 bits per heavy atom. The first-order valence-electron chi connectivity index (χ1n) is 10.2. The predicted molar refractivity (Wildman–Crippen MR) is 106 cm³/mol. The quantitative estimate of drug-likeness (QED) is 0.805. The summed E-state index contributed by atoms with van der Waals surface area (Å²) >= 11 is 0. The van der Waals surface area contributed by atoms with Gasteiger partial charge in [0.15, 0.2) is 0 Å². The lowest BCUT2D eigenvalue weighted by molar-refractivity contribution is -0.132. The number of carbonyl (C=O) groups excluding carboxylic acids is 1. The number of methoxy groups -OCH3 is 1. The van der Waals surface area contributed by atoms with Crippen molar-refractivity contribution in [2.24, 2.45) is 5.92 Å². The fourth-order valence-corrected chi connectivity index (χ4v) is 4.74. The van der Waals surface area contributed by atoms with Crippen LogP contribution < -0.4 is 4.74 Å². The van der Waals surface area contributed by atoms with Gasteiger partial charge in [0.2, 0.25) is 5.91 Å². The van der Waals surface area contributed by atoms with E-state index in [9.17, 15) is 4.79 Å². The zero-order chi connectivity index (χ0) is 18.5. The number of piperidine rings is 2. The van der Waals surface area contributed by atoms with Crippen molar-refractivity contribution in [3.63, 3.8) is 0 Å². The second-order valence-electron chi connectivity index (χ2n) is 8.07. The summed E-state index contributed by atoms with van der Waals surface area (Å²) in [7, 11) is 3.97. The average Bonchev–Trinajstić information content (AvgIpc) is 2.67. The Kier molecular flexibility index (Phi) is 6.58. The monoisotopic (exact) mass is 358 g/mol. The molecule has 0 bridgehead atoms. The Bertz CT molecular complexity index is 608. The predicted octanol–water partition coefficient (Wildman–Crippen LogP) is 3.66. The van der Waals surface area contributed by atoms with Crippen molar-refractivity contribution in [1.82, 2.24) is 9.80 Å². The summed E-state index contributed by atoms with van der Waals surface area (Å²) in [6.07, 6.45) is 7.82. The van der Waals surface area contributed by atoms with Crippen molar-refractivity contribution in [2.75, 3.05) is 33.8 Å². The molecular formula is C22H34N2O2. The largest absolute Gasteiger partial charge is 0.496 e. The molecule has 0 aliphatic carbocycles. The molecule has 3 rings (SSSR count). The number of likely N-dealkylation sites (tertiary alicyclic amines) is 2. The van der Waals surface area contributed by atoms with Gasteiger partial charge in [-0.1, -0.05) is 18.6 Å². The zero-order valence-electron chi connectivity index (χ0n) is 16.7. The normalized spacial score (nSPS) is 22.4. The standard InChI is InChI=1S/C22H34N2O2/c1-17-16-18(7-9-21(17)26-3)8-10-22(25)24-14-11-19(12-15-24)20-6-4-5-13-23(20)2/h7,9,16,19-20H,4-6,8,10-15H2,1-3H3/t20-/m1/s1. The van der Waals surface area contributed by atoms with Crippen molar-refractivity contribution in [3.05, 3.63) is 29.3 Å². The Hall–Kier alpha value is -1.55. The summed E-state index contributed by atoms with van der Waals surface area (Å²) < 4.78 is 5.31. The van der Waals surface area contributed by atoms with Gasteiger partial charge in [-0.25, -0.2) is 0 Å². The number of amides is 1. The lowest BCUT2D eigenvalue weighted by atomic mass is 9.84. The van der Waals surface area contributed by atoms with Crippen LogP contribution in [-0.4, -0.2) is 55.5 Å². The van der Waals surface area contributed by atoms with Gasteiger partial charge in [-0.3, -0.25) is 4.79 Å². The smallest absolute Gasteiger partial charge is 0.222 e. The van der Waals surface area contributed by atoms with Crippen molar-refractivity contribution in [3.8, 4) is 5.75 Å². The third-order valence-corrected chi connectivity index (χ3v) is 6.35. The molecule has 2 heterocycles. The number of hydrogen-bond acceptors (Lipinski definition) is 3. The maximum absolute atomic E-state index is 12.6. The Labute approximate surface area is 158 Å². The van der Waals surface area contributed by atoms with Gasteiger partial charge in [-0.05, 0) is 75.7 Å². The fourth-order valence-electron chi connectivity index (χ4n) is 4.74. The van der Waals surface area contributed by atoms with Gasteiger partial charge in [0.05, 0.1) is 7.11 Å². The van der Waals surface area contributed by atoms with Crippen LogP contribution in [0.5, 0.6) is 5.75 Å². The second-order valence-corrected chi connectivity index (χ2v) is 8.07. The molecule has 1 aromatic carbocycles. The van der Waals surface area contributed by atoms with E-state index in [4.69, 9.17) is 4.74 Å². The van der Waals surface area contributed by atoms with Gasteiger partial charge < -0.3 is 14.5 Å². The summed E-state index contributed by atoms with van der Waals surface area (Å²) in [6, 6.07) is 6.95. The van der Waals surface area contributed by atoms with Gasteiger partial charge in [-0.2, -0.15) is 0 Å². The highest BCUT2D eigenvalue weighted by Crippen LogP contribution is 2.30. The molecule has 0 aromatic heterocycles. The molecule has 144 valence electrons. The minimum atomic E-state index is 0.314. The molecule has 0 saturated carbocycles. The first kappa shape index (κ1) is 19.2. The van der Waals surface area contributed by atoms with E-state index in [1.54, 1.807) is 7.11 Å². The van der Waals surface area contributed by atoms with Crippen LogP contribution in [0.25, 0.3) is 0 Å². The van der Waals surface area contributed by atoms with Gasteiger partial charge in [0.25, 0.3) is 0 Å². The Balaban J connectivity index is 1.45. The number of ether oxygens (including phenoxy) is 1. The van der Waals surface area contributed by atoms with Crippen LogP contribution in [0.2, 0.25) is 0 Å². The molecule has 26 heavy (non-hydrogen) atoms. The molecule has 1 atom stereocenters. The maximum Gasteiger partial charge on any atom is 0.222 e. The summed E-state index contributed by atoms with van der Waals surface area (Å²) in [4.78, 5) is 17.3. The van der Waals surface area contributed by atoms with Gasteiger partial charge in [0, 0.05) is 25.6 Å². The SMILES string of the molecule is COc1ccc(CCC(=O)N2CCC([C@H]3CCCCN3C)CC2)cc1C. The first-order chi connectivity index (χ1) is 12.6. The highest BCUT2D eigenvalue weighted by Gasteiger charge is 2.31. The van der Waals surface area contributed by atoms with E-state index in [0.717, 1.165) is 42.8 Å². The molecule has 4 nitrogen and oxygen atoms in total. The van der Waals surface area contributed by atoms with Gasteiger partial charge in [-0.15, -0.1) is 0 Å². The fraction of sp³-hybridized carbons (Fsp3) is 0.682. The van der Waals surface area contributed by atoms with Crippen LogP contribution in [0, 0.1) is 12.8 Å². The minimum absolute atomic E-state index is 0.314. The molecule has 1 amide bonds. The third kappa shape index (κ3) is 4.59. The molecule has 2 saturated heterocycles. The van der Waals surface area contributed by atoms with Crippen molar-refractivity contribution in [2.45, 2.75) is 57.9 Å². The highest BCUT2D eigenvalue weighted by atomic mass is 16.5. The molecule has 0 N–H and O–H groups in total. The maximum atomic E-state index is 12.6. The number of hydrogen-bond donors (Lipinski definition) is 0. The van der Waals surface area contributed by atoms with E-state index in [1.807, 2.05) is 6.07 Å². The molecular weight excluding hydrogens is 324 g/mol. The van der Waals surface area contributed by atoms with Crippen LogP contribution in [0.15, 0.2) is 18.2 Å². The van der Waals surface area contributed by atoms with E-state index in [2.05, 4.69) is 35.9 Å². The molecule has 1 aromatic rings. The molecule has 0 spiro atoms. The summed E-state index contributed by atoms with van der Waals surface area (Å²) in [5, 5.41) is 0. The second kappa shape index (κ2) is 8.90. The van der Waals surface area contributed by atoms with E-state index >= 15 is 0 Å². The zero-order valence-corrected chi connectivity index (χ0v) is 16.7. The van der Waals surface area contributed by atoms with E-state index < -0.39 is 0 Å². The van der Waals surface area contributed by atoms with Crippen molar-refractivity contribution in [1.29, 1.82) is 0 Å². The highest BCUT2D eigenvalue weighted by molar-refractivity contribution is 5.76. The average molecular weight is 359 g/mol. The molecule has 0 radical (unpaired) electrons. The molecule has 0 unspecified atom stereocenters. The minimum Gasteiger partial charge on any atom is -0.496 e.